The zero-order valence-electron chi connectivity index (χ0n) is 15.7. The number of hydrogen-bond acceptors (Lipinski definition) is 4. The van der Waals surface area contributed by atoms with Gasteiger partial charge in [0.25, 0.3) is 0 Å². The summed E-state index contributed by atoms with van der Waals surface area (Å²) in [5.41, 5.74) is 3.47. The Morgan fingerprint density at radius 3 is 2.34 bits per heavy atom. The van der Waals surface area contributed by atoms with E-state index in [1.807, 2.05) is 42.2 Å². The average molecular weight is 387 g/mol. The van der Waals surface area contributed by atoms with Crippen molar-refractivity contribution >= 4 is 28.5 Å². The Hall–Kier alpha value is -3.80. The van der Waals surface area contributed by atoms with Crippen LogP contribution in [0.4, 0.5) is 15.9 Å². The summed E-state index contributed by atoms with van der Waals surface area (Å²) in [4.78, 5) is 22.9. The first kappa shape index (κ1) is 18.6. The lowest BCUT2D eigenvalue weighted by atomic mass is 10.1. The van der Waals surface area contributed by atoms with E-state index < -0.39 is 5.97 Å². The van der Waals surface area contributed by atoms with Crippen LogP contribution < -0.4 is 4.90 Å². The minimum atomic E-state index is -1.02. The van der Waals surface area contributed by atoms with Crippen LogP contribution >= 0.6 is 0 Å². The zero-order chi connectivity index (χ0) is 20.4. The summed E-state index contributed by atoms with van der Waals surface area (Å²) < 4.78 is 13.5. The number of benzene rings is 3. The first-order valence-electron chi connectivity index (χ1n) is 9.20. The molecule has 0 aliphatic rings. The molecule has 0 aliphatic heterocycles. The maximum atomic E-state index is 13.5. The number of aromatic carboxylic acids is 1. The van der Waals surface area contributed by atoms with E-state index in [1.54, 1.807) is 18.2 Å². The molecule has 0 saturated heterocycles. The Balaban J connectivity index is 1.98. The monoisotopic (exact) mass is 387 g/mol. The van der Waals surface area contributed by atoms with Crippen molar-refractivity contribution in [1.29, 1.82) is 0 Å². The van der Waals surface area contributed by atoms with Gasteiger partial charge in [0.2, 0.25) is 0 Å². The van der Waals surface area contributed by atoms with Crippen molar-refractivity contribution in [2.24, 2.45) is 0 Å². The Bertz CT molecular complexity index is 1180. The highest BCUT2D eigenvalue weighted by molar-refractivity contribution is 5.93. The topological polar surface area (TPSA) is 66.3 Å². The number of carbonyl (C=O) groups is 1. The largest absolute Gasteiger partial charge is 0.478 e. The van der Waals surface area contributed by atoms with Gasteiger partial charge in [0, 0.05) is 17.8 Å². The van der Waals surface area contributed by atoms with Gasteiger partial charge in [-0.05, 0) is 61.5 Å². The Labute approximate surface area is 167 Å². The number of hydrogen-bond donors (Lipinski definition) is 1. The number of para-hydroxylation sites is 1. The Morgan fingerprint density at radius 1 is 0.966 bits per heavy atom. The lowest BCUT2D eigenvalue weighted by Crippen LogP contribution is -2.19. The second-order valence-corrected chi connectivity index (χ2v) is 6.49. The molecule has 0 aliphatic carbocycles. The lowest BCUT2D eigenvalue weighted by Gasteiger charge is -2.24. The molecule has 29 heavy (non-hydrogen) atoms. The molecule has 0 atom stereocenters. The molecular weight excluding hydrogens is 369 g/mol. The predicted molar refractivity (Wildman–Crippen MR) is 111 cm³/mol. The van der Waals surface area contributed by atoms with Gasteiger partial charge in [-0.15, -0.1) is 0 Å². The molecule has 4 rings (SSSR count). The molecule has 6 heteroatoms. The summed E-state index contributed by atoms with van der Waals surface area (Å²) in [7, 11) is 0. The number of anilines is 2. The quantitative estimate of drug-likeness (QED) is 0.504. The van der Waals surface area contributed by atoms with Crippen molar-refractivity contribution in [3.05, 3.63) is 84.2 Å². The molecule has 0 spiro atoms. The molecule has 3 aromatic carbocycles. The van der Waals surface area contributed by atoms with Crippen LogP contribution in [0, 0.1) is 5.82 Å². The van der Waals surface area contributed by atoms with Gasteiger partial charge in [-0.25, -0.2) is 19.2 Å². The first-order valence-corrected chi connectivity index (χ1v) is 9.20. The average Bonchev–Trinajstić information content (AvgIpc) is 2.75. The van der Waals surface area contributed by atoms with Gasteiger partial charge in [-0.3, -0.25) is 0 Å². The van der Waals surface area contributed by atoms with Gasteiger partial charge in [-0.2, -0.15) is 0 Å². The summed E-state index contributed by atoms with van der Waals surface area (Å²) in [6, 6.07) is 20.5. The highest BCUT2D eigenvalue weighted by atomic mass is 19.1. The van der Waals surface area contributed by atoms with Crippen molar-refractivity contribution < 1.29 is 14.3 Å². The molecule has 4 aromatic rings. The van der Waals surface area contributed by atoms with Crippen molar-refractivity contribution in [2.75, 3.05) is 11.4 Å². The fourth-order valence-electron chi connectivity index (χ4n) is 3.23. The third-order valence-electron chi connectivity index (χ3n) is 4.65. The van der Waals surface area contributed by atoms with Crippen LogP contribution in [0.5, 0.6) is 0 Å². The van der Waals surface area contributed by atoms with Crippen molar-refractivity contribution in [3.63, 3.8) is 0 Å². The molecule has 0 saturated carbocycles. The highest BCUT2D eigenvalue weighted by Gasteiger charge is 2.19. The van der Waals surface area contributed by atoms with E-state index in [0.717, 1.165) is 11.3 Å². The maximum Gasteiger partial charge on any atom is 0.335 e. The summed E-state index contributed by atoms with van der Waals surface area (Å²) >= 11 is 0. The smallest absolute Gasteiger partial charge is 0.335 e. The lowest BCUT2D eigenvalue weighted by molar-refractivity contribution is 0.0697. The first-order chi connectivity index (χ1) is 14.1. The summed E-state index contributed by atoms with van der Waals surface area (Å²) in [6.07, 6.45) is 0. The molecule has 0 amide bonds. The van der Waals surface area contributed by atoms with E-state index in [4.69, 9.17) is 9.97 Å². The van der Waals surface area contributed by atoms with Gasteiger partial charge in [-0.1, -0.05) is 18.2 Å². The third-order valence-corrected chi connectivity index (χ3v) is 4.65. The van der Waals surface area contributed by atoms with Crippen molar-refractivity contribution in [1.82, 2.24) is 9.97 Å². The van der Waals surface area contributed by atoms with Crippen LogP contribution in [0.25, 0.3) is 22.3 Å². The summed E-state index contributed by atoms with van der Waals surface area (Å²) in [5, 5.41) is 9.31. The number of fused-ring (bicyclic) bond motifs is 1. The minimum Gasteiger partial charge on any atom is -0.478 e. The SMILES string of the molecule is CCN(c1ccccc1)c1nc2cc(C(=O)O)ccc2nc1-c1ccc(F)cc1. The maximum absolute atomic E-state index is 13.5. The zero-order valence-corrected chi connectivity index (χ0v) is 15.7. The normalized spacial score (nSPS) is 10.8. The fraction of sp³-hybridized carbons (Fsp3) is 0.0870. The van der Waals surface area contributed by atoms with Gasteiger partial charge < -0.3 is 10.0 Å². The molecule has 0 bridgehead atoms. The number of carboxylic acids is 1. The third kappa shape index (κ3) is 3.65. The predicted octanol–water partition coefficient (Wildman–Crippen LogP) is 5.29. The van der Waals surface area contributed by atoms with Crippen LogP contribution in [0.2, 0.25) is 0 Å². The van der Waals surface area contributed by atoms with E-state index >= 15 is 0 Å². The van der Waals surface area contributed by atoms with Crippen molar-refractivity contribution in [2.45, 2.75) is 6.92 Å². The number of nitrogens with zero attached hydrogens (tertiary/aromatic N) is 3. The molecule has 1 aromatic heterocycles. The Kier molecular flexibility index (Phi) is 4.91. The number of aromatic nitrogens is 2. The molecular formula is C23H18FN3O2. The molecule has 0 fully saturated rings. The van der Waals surface area contributed by atoms with Gasteiger partial charge >= 0.3 is 5.97 Å². The number of rotatable bonds is 5. The van der Waals surface area contributed by atoms with E-state index in [9.17, 15) is 14.3 Å². The fourth-order valence-corrected chi connectivity index (χ4v) is 3.23. The molecule has 144 valence electrons. The van der Waals surface area contributed by atoms with Crippen LogP contribution in [0.1, 0.15) is 17.3 Å². The second-order valence-electron chi connectivity index (χ2n) is 6.49. The molecule has 1 N–H and O–H groups in total. The minimum absolute atomic E-state index is 0.148. The summed E-state index contributed by atoms with van der Waals surface area (Å²) in [6.45, 7) is 2.62. The van der Waals surface area contributed by atoms with Gasteiger partial charge in [0.15, 0.2) is 5.82 Å². The van der Waals surface area contributed by atoms with Crippen LogP contribution in [0.15, 0.2) is 72.8 Å². The second kappa shape index (κ2) is 7.67. The van der Waals surface area contributed by atoms with Gasteiger partial charge in [0.05, 0.1) is 16.6 Å². The van der Waals surface area contributed by atoms with Crippen LogP contribution in [-0.2, 0) is 0 Å². The van der Waals surface area contributed by atoms with Crippen LogP contribution in [-0.4, -0.2) is 27.6 Å². The van der Waals surface area contributed by atoms with Crippen LogP contribution in [0.3, 0.4) is 0 Å². The standard InChI is InChI=1S/C23H18FN3O2/c1-2-27(18-6-4-3-5-7-18)22-21(15-8-11-17(24)12-9-15)25-19-13-10-16(23(28)29)14-20(19)26-22/h3-14H,2H2,1H3,(H,28,29). The van der Waals surface area contributed by atoms with E-state index in [1.165, 1.54) is 24.3 Å². The van der Waals surface area contributed by atoms with Crippen molar-refractivity contribution in [3.8, 4) is 11.3 Å². The highest BCUT2D eigenvalue weighted by Crippen LogP contribution is 2.34. The van der Waals surface area contributed by atoms with Gasteiger partial charge in [0.1, 0.15) is 11.5 Å². The molecule has 1 heterocycles. The van der Waals surface area contributed by atoms with E-state index in [0.29, 0.717) is 29.1 Å². The Morgan fingerprint density at radius 2 is 1.69 bits per heavy atom. The summed E-state index contributed by atoms with van der Waals surface area (Å²) in [5.74, 6) is -0.765. The van der Waals surface area contributed by atoms with E-state index in [-0.39, 0.29) is 11.4 Å². The molecule has 0 unspecified atom stereocenters. The number of halogens is 1. The number of carboxylic acid groups (broad SMARTS) is 1. The molecule has 5 nitrogen and oxygen atoms in total. The molecule has 0 radical (unpaired) electrons. The van der Waals surface area contributed by atoms with E-state index in [2.05, 4.69) is 0 Å².